The number of rotatable bonds is 17. The fraction of sp³-hybridized carbons (Fsp3) is 0.636. The van der Waals surface area contributed by atoms with Crippen LogP contribution in [0.1, 0.15) is 85.5 Å². The van der Waals surface area contributed by atoms with Crippen molar-refractivity contribution in [2.75, 3.05) is 63.9 Å². The zero-order valence-corrected chi connectivity index (χ0v) is 29.8. The van der Waals surface area contributed by atoms with Gasteiger partial charge < -0.3 is 34.7 Å². The molecule has 11 nitrogen and oxygen atoms in total. The minimum Gasteiger partial charge on any atom is -0.426 e. The minimum absolute atomic E-state index is 0.0390. The van der Waals surface area contributed by atoms with Crippen molar-refractivity contribution >= 4 is 57.0 Å². The maximum Gasteiger partial charge on any atom is 0.305 e. The van der Waals surface area contributed by atoms with Gasteiger partial charge in [0.25, 0.3) is 12.4 Å². The summed E-state index contributed by atoms with van der Waals surface area (Å²) in [5, 5.41) is 16.9. The van der Waals surface area contributed by atoms with Gasteiger partial charge in [-0.1, -0.05) is 44.1 Å². The van der Waals surface area contributed by atoms with Crippen LogP contribution in [0.3, 0.4) is 0 Å². The van der Waals surface area contributed by atoms with Gasteiger partial charge in [-0.3, -0.25) is 14.4 Å². The molecule has 1 spiro atoms. The number of fused-ring (bicyclic) bond motifs is 1. The Morgan fingerprint density at radius 3 is 2.79 bits per heavy atom. The van der Waals surface area contributed by atoms with E-state index in [0.717, 1.165) is 66.9 Å². The number of ether oxygens (including phenoxy) is 2. The Balaban J connectivity index is 0.897. The van der Waals surface area contributed by atoms with Crippen molar-refractivity contribution in [1.82, 2.24) is 25.1 Å². The lowest BCUT2D eigenvalue weighted by Gasteiger charge is -2.47. The van der Waals surface area contributed by atoms with Gasteiger partial charge in [-0.05, 0) is 44.0 Å². The Labute approximate surface area is 288 Å². The molecular weight excluding hydrogens is 659 g/mol. The van der Waals surface area contributed by atoms with Crippen molar-refractivity contribution in [2.24, 2.45) is 0 Å². The first-order valence-electron chi connectivity index (χ1n) is 16.6. The number of aliphatic hydroxyl groups excluding tert-OH is 1. The first kappa shape index (κ1) is 36.0. The highest BCUT2D eigenvalue weighted by Crippen LogP contribution is 2.33. The molecule has 258 valence electrons. The number of benzene rings is 1. The van der Waals surface area contributed by atoms with E-state index < -0.39 is 6.10 Å². The van der Waals surface area contributed by atoms with Crippen LogP contribution in [0.2, 0.25) is 0 Å². The van der Waals surface area contributed by atoms with Crippen LogP contribution in [0.4, 0.5) is 0 Å². The average Bonchev–Trinajstić information content (AvgIpc) is 3.72. The molecule has 0 radical (unpaired) electrons. The monoisotopic (exact) mass is 705 g/mol. The second-order valence-electron chi connectivity index (χ2n) is 12.7. The van der Waals surface area contributed by atoms with E-state index >= 15 is 0 Å². The molecule has 3 N–H and O–H groups in total. The molecule has 0 aliphatic carbocycles. The Morgan fingerprint density at radius 1 is 1.21 bits per heavy atom. The molecule has 2 aromatic heterocycles. The third kappa shape index (κ3) is 9.64. The molecular formula is C33H47N5O6S3. The Hall–Kier alpha value is -2.33. The topological polar surface area (TPSA) is 137 Å². The van der Waals surface area contributed by atoms with Crippen LogP contribution < -0.4 is 14.9 Å². The molecule has 47 heavy (non-hydrogen) atoms. The summed E-state index contributed by atoms with van der Waals surface area (Å²) in [7, 11) is 0. The Bertz CT molecular complexity index is 1520. The average molecular weight is 706 g/mol. The molecule has 0 saturated carbocycles. The van der Waals surface area contributed by atoms with Crippen molar-refractivity contribution in [3.63, 3.8) is 0 Å². The van der Waals surface area contributed by atoms with E-state index in [9.17, 15) is 19.5 Å². The van der Waals surface area contributed by atoms with Crippen LogP contribution in [-0.4, -0.2) is 107 Å². The molecule has 0 bridgehead atoms. The number of amides is 1. The molecule has 1 aromatic carbocycles. The van der Waals surface area contributed by atoms with Gasteiger partial charge in [0.05, 0.1) is 34.6 Å². The summed E-state index contributed by atoms with van der Waals surface area (Å²) in [6.45, 7) is 10.7. The number of aromatic nitrogens is 2. The molecule has 4 heterocycles. The molecule has 2 saturated heterocycles. The van der Waals surface area contributed by atoms with Crippen LogP contribution >= 0.6 is 34.4 Å². The first-order valence-corrected chi connectivity index (χ1v) is 19.5. The summed E-state index contributed by atoms with van der Waals surface area (Å²) in [5.74, 6) is 2.74. The second kappa shape index (κ2) is 17.4. The highest BCUT2D eigenvalue weighted by Gasteiger charge is 2.41. The predicted molar refractivity (Wildman–Crippen MR) is 189 cm³/mol. The van der Waals surface area contributed by atoms with Crippen molar-refractivity contribution in [1.29, 1.82) is 0 Å². The number of hydrogen-bond donors (Lipinski definition) is 3. The number of nitrogens with one attached hydrogen (secondary N) is 2. The summed E-state index contributed by atoms with van der Waals surface area (Å²) < 4.78 is 11.8. The van der Waals surface area contributed by atoms with E-state index in [4.69, 9.17) is 9.47 Å². The quantitative estimate of drug-likeness (QED) is 0.135. The largest absolute Gasteiger partial charge is 0.426 e. The first-order chi connectivity index (χ1) is 22.8. The standard InChI is InChI=1S/C33H47N5O6S3/c1-23(2)30-35-25(20-46-30)31(41)38-15-16-44-33(21-38)9-13-37(14-10-33)12-5-3-4-6-17-45-18-11-34-19-26(40)24-7-8-27(43-22-39)28-29(24)47-32(42)36-28/h7-8,20,22-23,26,34,40H,3-6,9-19,21H2,1-2H3,(H,36,42). The summed E-state index contributed by atoms with van der Waals surface area (Å²) in [6.07, 6.45) is 6.02. The number of piperidine rings is 1. The summed E-state index contributed by atoms with van der Waals surface area (Å²) >= 11 is 4.49. The highest BCUT2D eigenvalue weighted by atomic mass is 32.2. The maximum absolute atomic E-state index is 13.1. The molecule has 2 aliphatic rings. The van der Waals surface area contributed by atoms with Gasteiger partial charge >= 0.3 is 4.87 Å². The number of carbonyl (C=O) groups excluding carboxylic acids is 2. The Kier molecular flexibility index (Phi) is 13.3. The number of morpholine rings is 1. The number of aliphatic hydroxyl groups is 1. The number of carbonyl (C=O) groups is 2. The highest BCUT2D eigenvalue weighted by molar-refractivity contribution is 7.99. The van der Waals surface area contributed by atoms with Crippen LogP contribution in [0, 0.1) is 0 Å². The predicted octanol–water partition coefficient (Wildman–Crippen LogP) is 4.63. The van der Waals surface area contributed by atoms with E-state index in [1.807, 2.05) is 22.0 Å². The second-order valence-corrected chi connectivity index (χ2v) is 15.8. The Morgan fingerprint density at radius 2 is 2.02 bits per heavy atom. The van der Waals surface area contributed by atoms with Crippen LogP contribution in [-0.2, 0) is 9.53 Å². The smallest absolute Gasteiger partial charge is 0.305 e. The molecule has 3 aromatic rings. The normalized spacial score (nSPS) is 17.5. The lowest BCUT2D eigenvalue weighted by molar-refractivity contribution is -0.127. The lowest BCUT2D eigenvalue weighted by Crippen LogP contribution is -2.58. The molecule has 14 heteroatoms. The van der Waals surface area contributed by atoms with E-state index in [2.05, 4.69) is 34.0 Å². The van der Waals surface area contributed by atoms with Crippen LogP contribution in [0.5, 0.6) is 5.75 Å². The summed E-state index contributed by atoms with van der Waals surface area (Å²) in [5.41, 5.74) is 1.43. The number of unbranched alkanes of at least 4 members (excludes halogenated alkanes) is 3. The van der Waals surface area contributed by atoms with Crippen molar-refractivity contribution in [2.45, 2.75) is 70.0 Å². The van der Waals surface area contributed by atoms with Gasteiger partial charge in [-0.2, -0.15) is 11.8 Å². The molecule has 2 fully saturated rings. The van der Waals surface area contributed by atoms with Crippen LogP contribution in [0.25, 0.3) is 10.2 Å². The lowest BCUT2D eigenvalue weighted by atomic mass is 9.89. The van der Waals surface area contributed by atoms with Crippen molar-refractivity contribution in [3.8, 4) is 5.75 Å². The molecule has 1 atom stereocenters. The van der Waals surface area contributed by atoms with E-state index in [-0.39, 0.29) is 22.1 Å². The number of thioether (sulfide) groups is 1. The fourth-order valence-corrected chi connectivity index (χ4v) is 8.87. The van der Waals surface area contributed by atoms with Crippen molar-refractivity contribution in [3.05, 3.63) is 43.4 Å². The van der Waals surface area contributed by atoms with Gasteiger partial charge in [0.15, 0.2) is 5.75 Å². The number of thiazole rings is 2. The molecule has 5 rings (SSSR count). The maximum atomic E-state index is 13.1. The van der Waals surface area contributed by atoms with Gasteiger partial charge in [0.1, 0.15) is 11.2 Å². The third-order valence-electron chi connectivity index (χ3n) is 8.92. The fourth-order valence-electron chi connectivity index (χ4n) is 6.25. The number of aromatic amines is 1. The van der Waals surface area contributed by atoms with Gasteiger partial charge in [0.2, 0.25) is 0 Å². The third-order valence-corrected chi connectivity index (χ3v) is 12.1. The van der Waals surface area contributed by atoms with Crippen LogP contribution in [0.15, 0.2) is 22.3 Å². The number of nitrogens with zero attached hydrogens (tertiary/aromatic N) is 3. The van der Waals surface area contributed by atoms with Gasteiger partial charge in [0, 0.05) is 55.3 Å². The van der Waals surface area contributed by atoms with Crippen molar-refractivity contribution < 1.29 is 24.2 Å². The molecule has 2 aliphatic heterocycles. The van der Waals surface area contributed by atoms with E-state index in [0.29, 0.717) is 60.1 Å². The zero-order valence-electron chi connectivity index (χ0n) is 27.3. The van der Waals surface area contributed by atoms with Gasteiger partial charge in [-0.25, -0.2) is 4.98 Å². The molecule has 1 amide bonds. The number of hydrogen-bond acceptors (Lipinski definition) is 12. The van der Waals surface area contributed by atoms with E-state index in [1.165, 1.54) is 25.7 Å². The number of likely N-dealkylation sites (tertiary alicyclic amines) is 1. The zero-order chi connectivity index (χ0) is 33.2. The summed E-state index contributed by atoms with van der Waals surface area (Å²) in [6, 6.07) is 3.29. The number of H-pyrrole nitrogens is 1. The molecule has 1 unspecified atom stereocenters. The van der Waals surface area contributed by atoms with Gasteiger partial charge in [-0.15, -0.1) is 11.3 Å². The minimum atomic E-state index is -0.772. The van der Waals surface area contributed by atoms with E-state index in [1.54, 1.807) is 23.5 Å². The summed E-state index contributed by atoms with van der Waals surface area (Å²) in [4.78, 5) is 47.3. The SMILES string of the molecule is CC(C)c1nc(C(=O)N2CCOC3(CCN(CCCCCCSCCNCC(O)c4ccc(OC=O)c5[nH]c(=O)sc45)CC3)C2)cs1.